The van der Waals surface area contributed by atoms with Crippen molar-refractivity contribution in [1.29, 1.82) is 0 Å². The second kappa shape index (κ2) is 8.39. The van der Waals surface area contributed by atoms with E-state index in [1.54, 1.807) is 36.4 Å². The standard InChI is InChI=1S/C24H22N4O3/c1-3-17-10-7-9-16(2)21(17)26-20(29)15-27-23(30)19-13-8-14-25-22(19)28(24(27)31)18-11-5-4-6-12-18/h4-14H,3,15H2,1-2H3,(H,26,29). The molecule has 4 rings (SSSR count). The molecule has 0 saturated heterocycles. The Labute approximate surface area is 178 Å². The summed E-state index contributed by atoms with van der Waals surface area (Å²) in [5.74, 6) is -0.439. The monoisotopic (exact) mass is 414 g/mol. The molecule has 0 bridgehead atoms. The van der Waals surface area contributed by atoms with Crippen LogP contribution in [0.25, 0.3) is 16.7 Å². The van der Waals surface area contributed by atoms with Crippen LogP contribution in [0, 0.1) is 6.92 Å². The van der Waals surface area contributed by atoms with E-state index in [1.165, 1.54) is 10.8 Å². The quantitative estimate of drug-likeness (QED) is 0.544. The lowest BCUT2D eigenvalue weighted by Crippen LogP contribution is -2.42. The van der Waals surface area contributed by atoms with Gasteiger partial charge in [-0.2, -0.15) is 0 Å². The van der Waals surface area contributed by atoms with Gasteiger partial charge < -0.3 is 5.32 Å². The zero-order chi connectivity index (χ0) is 22.0. The van der Waals surface area contributed by atoms with Crippen LogP contribution in [0.3, 0.4) is 0 Å². The first-order valence-corrected chi connectivity index (χ1v) is 10.1. The van der Waals surface area contributed by atoms with Gasteiger partial charge in [-0.1, -0.05) is 43.3 Å². The molecule has 2 heterocycles. The molecule has 2 aromatic carbocycles. The molecule has 1 N–H and O–H groups in total. The zero-order valence-electron chi connectivity index (χ0n) is 17.3. The highest BCUT2D eigenvalue weighted by molar-refractivity contribution is 5.92. The number of para-hydroxylation sites is 2. The Morgan fingerprint density at radius 2 is 1.77 bits per heavy atom. The molecule has 0 atom stereocenters. The third-order valence-corrected chi connectivity index (χ3v) is 5.22. The first kappa shape index (κ1) is 20.3. The second-order valence-electron chi connectivity index (χ2n) is 7.23. The molecule has 7 heteroatoms. The summed E-state index contributed by atoms with van der Waals surface area (Å²) in [6, 6.07) is 18.0. The van der Waals surface area contributed by atoms with Crippen molar-refractivity contribution >= 4 is 22.6 Å². The van der Waals surface area contributed by atoms with Crippen LogP contribution in [0.2, 0.25) is 0 Å². The van der Waals surface area contributed by atoms with Gasteiger partial charge in [0.05, 0.1) is 11.1 Å². The van der Waals surface area contributed by atoms with Crippen LogP contribution in [-0.4, -0.2) is 20.0 Å². The lowest BCUT2D eigenvalue weighted by atomic mass is 10.1. The molecule has 1 amide bonds. The van der Waals surface area contributed by atoms with Crippen molar-refractivity contribution in [3.05, 3.63) is 98.8 Å². The number of pyridine rings is 1. The van der Waals surface area contributed by atoms with Gasteiger partial charge in [0.15, 0.2) is 5.65 Å². The van der Waals surface area contributed by atoms with Crippen molar-refractivity contribution in [3.8, 4) is 5.69 Å². The summed E-state index contributed by atoms with van der Waals surface area (Å²) < 4.78 is 2.31. The third kappa shape index (κ3) is 3.77. The fourth-order valence-electron chi connectivity index (χ4n) is 3.66. The van der Waals surface area contributed by atoms with Gasteiger partial charge in [0.1, 0.15) is 6.54 Å². The average Bonchev–Trinajstić information content (AvgIpc) is 2.79. The predicted octanol–water partition coefficient (Wildman–Crippen LogP) is 3.06. The Kier molecular flexibility index (Phi) is 5.49. The molecule has 0 aliphatic carbocycles. The summed E-state index contributed by atoms with van der Waals surface area (Å²) in [6.45, 7) is 3.52. The minimum atomic E-state index is -0.613. The van der Waals surface area contributed by atoms with Crippen molar-refractivity contribution in [2.24, 2.45) is 0 Å². The predicted molar refractivity (Wildman–Crippen MR) is 121 cm³/mol. The van der Waals surface area contributed by atoms with Crippen molar-refractivity contribution in [2.75, 3.05) is 5.32 Å². The molecule has 2 aromatic heterocycles. The van der Waals surface area contributed by atoms with E-state index in [9.17, 15) is 14.4 Å². The minimum absolute atomic E-state index is 0.257. The van der Waals surface area contributed by atoms with Crippen molar-refractivity contribution < 1.29 is 4.79 Å². The van der Waals surface area contributed by atoms with Gasteiger partial charge >= 0.3 is 5.69 Å². The fourth-order valence-corrected chi connectivity index (χ4v) is 3.66. The SMILES string of the molecule is CCc1cccc(C)c1NC(=O)Cn1c(=O)c2cccnc2n(-c2ccccc2)c1=O. The Morgan fingerprint density at radius 1 is 1.00 bits per heavy atom. The normalized spacial score (nSPS) is 10.9. The first-order chi connectivity index (χ1) is 15.0. The molecule has 0 saturated carbocycles. The molecule has 0 radical (unpaired) electrons. The smallest absolute Gasteiger partial charge is 0.324 e. The summed E-state index contributed by atoms with van der Waals surface area (Å²) in [4.78, 5) is 43.4. The number of carbonyl (C=O) groups is 1. The van der Waals surface area contributed by atoms with Crippen LogP contribution in [-0.2, 0) is 17.8 Å². The Bertz CT molecular complexity index is 1390. The molecule has 0 spiro atoms. The van der Waals surface area contributed by atoms with E-state index in [-0.39, 0.29) is 11.0 Å². The summed E-state index contributed by atoms with van der Waals surface area (Å²) in [5.41, 5.74) is 2.29. The first-order valence-electron chi connectivity index (χ1n) is 10.1. The van der Waals surface area contributed by atoms with Crippen LogP contribution in [0.5, 0.6) is 0 Å². The van der Waals surface area contributed by atoms with Gasteiger partial charge in [0, 0.05) is 11.9 Å². The highest BCUT2D eigenvalue weighted by atomic mass is 16.2. The number of nitrogens with zero attached hydrogens (tertiary/aromatic N) is 3. The maximum atomic E-state index is 13.3. The third-order valence-electron chi connectivity index (χ3n) is 5.22. The zero-order valence-corrected chi connectivity index (χ0v) is 17.3. The molecular weight excluding hydrogens is 392 g/mol. The van der Waals surface area contributed by atoms with Crippen LogP contribution in [0.4, 0.5) is 5.69 Å². The summed E-state index contributed by atoms with van der Waals surface area (Å²) in [7, 11) is 0. The number of hydrogen-bond acceptors (Lipinski definition) is 4. The Hall–Kier alpha value is -4.00. The highest BCUT2D eigenvalue weighted by Crippen LogP contribution is 2.21. The molecule has 0 aliphatic heterocycles. The van der Waals surface area contributed by atoms with E-state index < -0.39 is 23.7 Å². The van der Waals surface area contributed by atoms with E-state index in [2.05, 4.69) is 10.3 Å². The topological polar surface area (TPSA) is 86.0 Å². The molecule has 0 unspecified atom stereocenters. The van der Waals surface area contributed by atoms with Gasteiger partial charge in [0.25, 0.3) is 5.56 Å². The van der Waals surface area contributed by atoms with Crippen LogP contribution in [0.15, 0.2) is 76.4 Å². The van der Waals surface area contributed by atoms with Crippen LogP contribution in [0.1, 0.15) is 18.1 Å². The molecule has 0 fully saturated rings. The summed E-state index contributed by atoms with van der Waals surface area (Å²) in [6.07, 6.45) is 2.28. The lowest BCUT2D eigenvalue weighted by Gasteiger charge is -2.15. The Morgan fingerprint density at radius 3 is 2.52 bits per heavy atom. The maximum absolute atomic E-state index is 13.3. The van der Waals surface area contributed by atoms with Crippen molar-refractivity contribution in [2.45, 2.75) is 26.8 Å². The van der Waals surface area contributed by atoms with Gasteiger partial charge in [-0.15, -0.1) is 0 Å². The van der Waals surface area contributed by atoms with Gasteiger partial charge in [-0.3, -0.25) is 9.59 Å². The number of nitrogens with one attached hydrogen (secondary N) is 1. The number of carbonyl (C=O) groups excluding carboxylic acids is 1. The number of amides is 1. The number of anilines is 1. The fraction of sp³-hybridized carbons (Fsp3) is 0.167. The number of benzene rings is 2. The van der Waals surface area contributed by atoms with Crippen molar-refractivity contribution in [3.63, 3.8) is 0 Å². The Balaban J connectivity index is 1.81. The number of aryl methyl sites for hydroxylation is 2. The van der Waals surface area contributed by atoms with Crippen LogP contribution < -0.4 is 16.6 Å². The number of rotatable bonds is 5. The molecule has 7 nitrogen and oxygen atoms in total. The molecule has 156 valence electrons. The molecule has 4 aromatic rings. The van der Waals surface area contributed by atoms with E-state index in [0.29, 0.717) is 11.4 Å². The number of aromatic nitrogens is 3. The van der Waals surface area contributed by atoms with Gasteiger partial charge in [-0.05, 0) is 48.7 Å². The average molecular weight is 414 g/mol. The second-order valence-corrected chi connectivity index (χ2v) is 7.23. The summed E-state index contributed by atoms with van der Waals surface area (Å²) in [5, 5.41) is 3.15. The van der Waals surface area contributed by atoms with E-state index in [1.807, 2.05) is 38.1 Å². The molecule has 0 aliphatic rings. The number of fused-ring (bicyclic) bond motifs is 1. The van der Waals surface area contributed by atoms with E-state index in [4.69, 9.17) is 0 Å². The molecule has 31 heavy (non-hydrogen) atoms. The van der Waals surface area contributed by atoms with Gasteiger partial charge in [-0.25, -0.2) is 18.9 Å². The van der Waals surface area contributed by atoms with Gasteiger partial charge in [0.2, 0.25) is 5.91 Å². The molecular formula is C24H22N4O3. The van der Waals surface area contributed by atoms with E-state index in [0.717, 1.165) is 22.1 Å². The summed E-state index contributed by atoms with van der Waals surface area (Å²) >= 11 is 0. The largest absolute Gasteiger partial charge is 0.337 e. The van der Waals surface area contributed by atoms with Crippen molar-refractivity contribution in [1.82, 2.24) is 14.1 Å². The number of hydrogen-bond donors (Lipinski definition) is 1. The lowest BCUT2D eigenvalue weighted by molar-refractivity contribution is -0.116. The van der Waals surface area contributed by atoms with E-state index >= 15 is 0 Å². The minimum Gasteiger partial charge on any atom is -0.324 e. The highest BCUT2D eigenvalue weighted by Gasteiger charge is 2.18. The maximum Gasteiger partial charge on any atom is 0.337 e. The van der Waals surface area contributed by atoms with Crippen LogP contribution >= 0.6 is 0 Å².